The van der Waals surface area contributed by atoms with Crippen LogP contribution in [0, 0.1) is 6.92 Å². The van der Waals surface area contributed by atoms with E-state index >= 15 is 0 Å². The number of halogens is 1. The van der Waals surface area contributed by atoms with Crippen LogP contribution in [0.15, 0.2) is 16.7 Å². The van der Waals surface area contributed by atoms with Crippen molar-refractivity contribution in [2.45, 2.75) is 6.92 Å². The molecule has 0 radical (unpaired) electrons. The Morgan fingerprint density at radius 3 is 2.65 bits per heavy atom. The van der Waals surface area contributed by atoms with Crippen molar-refractivity contribution in [3.63, 3.8) is 0 Å². The van der Waals surface area contributed by atoms with Crippen molar-refractivity contribution in [2.75, 3.05) is 11.8 Å². The van der Waals surface area contributed by atoms with Crippen molar-refractivity contribution in [3.8, 4) is 0 Å². The van der Waals surface area contributed by atoms with E-state index in [1.165, 1.54) is 6.07 Å². The number of nitrogens with zero attached hydrogens (tertiary/aromatic N) is 1. The summed E-state index contributed by atoms with van der Waals surface area (Å²) in [5, 5.41) is 0. The molecular weight excluding hydrogens is 314 g/mol. The number of methoxy groups -OCH3 is 1. The lowest BCUT2D eigenvalue weighted by molar-refractivity contribution is 0.177. The fourth-order valence-electron chi connectivity index (χ4n) is 0.960. The standard InChI is InChI=1S/C8H10BrN3O4S/c1-5-6(3-4-7(9)10-5)11-17(14,15)12-8(13)16-2/h3-4,11H,1-2H3,(H,12,13). The van der Waals surface area contributed by atoms with Crippen molar-refractivity contribution in [1.82, 2.24) is 9.71 Å². The Morgan fingerprint density at radius 2 is 2.12 bits per heavy atom. The molecule has 0 saturated heterocycles. The van der Waals surface area contributed by atoms with E-state index in [1.54, 1.807) is 17.7 Å². The molecule has 17 heavy (non-hydrogen) atoms. The summed E-state index contributed by atoms with van der Waals surface area (Å²) in [6, 6.07) is 3.09. The number of aryl methyl sites for hydroxylation is 1. The third-order valence-electron chi connectivity index (χ3n) is 1.70. The molecule has 0 saturated carbocycles. The number of amides is 1. The molecule has 0 aliphatic carbocycles. The van der Waals surface area contributed by atoms with Gasteiger partial charge < -0.3 is 4.74 Å². The number of ether oxygens (including phenoxy) is 1. The second kappa shape index (κ2) is 5.32. The molecule has 1 rings (SSSR count). The molecule has 0 aliphatic heterocycles. The van der Waals surface area contributed by atoms with Gasteiger partial charge in [-0.05, 0) is 35.0 Å². The van der Waals surface area contributed by atoms with Gasteiger partial charge in [-0.25, -0.2) is 14.5 Å². The lowest BCUT2D eigenvalue weighted by Crippen LogP contribution is -2.35. The minimum absolute atomic E-state index is 0.268. The van der Waals surface area contributed by atoms with Gasteiger partial charge in [0.05, 0.1) is 18.5 Å². The second-order valence-electron chi connectivity index (χ2n) is 2.97. The van der Waals surface area contributed by atoms with Gasteiger partial charge in [0.2, 0.25) is 0 Å². The van der Waals surface area contributed by atoms with Gasteiger partial charge in [0, 0.05) is 0 Å². The molecule has 0 spiro atoms. The molecule has 1 aromatic rings. The summed E-state index contributed by atoms with van der Waals surface area (Å²) in [6.07, 6.45) is -1.07. The first-order chi connectivity index (χ1) is 7.84. The van der Waals surface area contributed by atoms with E-state index < -0.39 is 16.3 Å². The van der Waals surface area contributed by atoms with Gasteiger partial charge in [-0.3, -0.25) is 4.72 Å². The van der Waals surface area contributed by atoms with Crippen molar-refractivity contribution in [3.05, 3.63) is 22.4 Å². The monoisotopic (exact) mass is 323 g/mol. The van der Waals surface area contributed by atoms with E-state index in [1.807, 2.05) is 0 Å². The van der Waals surface area contributed by atoms with Crippen LogP contribution >= 0.6 is 15.9 Å². The number of rotatable bonds is 3. The average Bonchev–Trinajstić information content (AvgIpc) is 2.21. The molecule has 1 amide bonds. The number of hydrogen-bond acceptors (Lipinski definition) is 5. The van der Waals surface area contributed by atoms with Gasteiger partial charge in [-0.1, -0.05) is 0 Å². The van der Waals surface area contributed by atoms with Gasteiger partial charge >= 0.3 is 16.3 Å². The molecule has 1 heterocycles. The molecule has 0 bridgehead atoms. The lowest BCUT2D eigenvalue weighted by Gasteiger charge is -2.10. The highest BCUT2D eigenvalue weighted by Gasteiger charge is 2.15. The summed E-state index contributed by atoms with van der Waals surface area (Å²) >= 11 is 3.15. The van der Waals surface area contributed by atoms with Gasteiger partial charge in [0.25, 0.3) is 0 Å². The van der Waals surface area contributed by atoms with Crippen molar-refractivity contribution < 1.29 is 17.9 Å². The normalized spacial score (nSPS) is 10.8. The summed E-state index contributed by atoms with van der Waals surface area (Å²) in [7, 11) is -2.94. The van der Waals surface area contributed by atoms with Crippen LogP contribution in [-0.2, 0) is 14.9 Å². The van der Waals surface area contributed by atoms with E-state index in [9.17, 15) is 13.2 Å². The first-order valence-electron chi connectivity index (χ1n) is 4.35. The zero-order valence-corrected chi connectivity index (χ0v) is 11.4. The van der Waals surface area contributed by atoms with Gasteiger partial charge in [0.1, 0.15) is 4.60 Å². The number of pyridine rings is 1. The lowest BCUT2D eigenvalue weighted by atomic mass is 10.3. The van der Waals surface area contributed by atoms with E-state index in [2.05, 4.69) is 30.4 Å². The average molecular weight is 324 g/mol. The number of hydrogen-bond donors (Lipinski definition) is 2. The van der Waals surface area contributed by atoms with Crippen LogP contribution in [0.2, 0.25) is 0 Å². The maximum absolute atomic E-state index is 11.4. The Kier molecular flexibility index (Phi) is 4.29. The fourth-order valence-corrected chi connectivity index (χ4v) is 2.22. The highest BCUT2D eigenvalue weighted by molar-refractivity contribution is 9.10. The predicted molar refractivity (Wildman–Crippen MR) is 64.8 cm³/mol. The third-order valence-corrected chi connectivity index (χ3v) is 3.06. The van der Waals surface area contributed by atoms with Gasteiger partial charge in [-0.15, -0.1) is 0 Å². The van der Waals surface area contributed by atoms with Crippen LogP contribution in [0.5, 0.6) is 0 Å². The Balaban J connectivity index is 2.87. The topological polar surface area (TPSA) is 97.4 Å². The minimum Gasteiger partial charge on any atom is -0.452 e. The van der Waals surface area contributed by atoms with E-state index in [0.717, 1.165) is 7.11 Å². The second-order valence-corrected chi connectivity index (χ2v) is 5.19. The fraction of sp³-hybridized carbons (Fsp3) is 0.250. The van der Waals surface area contributed by atoms with Crippen molar-refractivity contribution >= 4 is 37.9 Å². The zero-order valence-electron chi connectivity index (χ0n) is 9.02. The zero-order chi connectivity index (χ0) is 13.1. The highest BCUT2D eigenvalue weighted by Crippen LogP contribution is 2.16. The summed E-state index contributed by atoms with van der Waals surface area (Å²) < 4.78 is 31.5. The summed E-state index contributed by atoms with van der Waals surface area (Å²) in [5.74, 6) is 0. The van der Waals surface area contributed by atoms with Crippen LogP contribution in [0.1, 0.15) is 5.69 Å². The number of nitrogens with one attached hydrogen (secondary N) is 2. The maximum atomic E-state index is 11.4. The van der Waals surface area contributed by atoms with Crippen LogP contribution in [0.3, 0.4) is 0 Å². The van der Waals surface area contributed by atoms with Crippen LogP contribution in [-0.4, -0.2) is 26.6 Å². The summed E-state index contributed by atoms with van der Waals surface area (Å²) in [6.45, 7) is 1.63. The number of anilines is 1. The highest BCUT2D eigenvalue weighted by atomic mass is 79.9. The van der Waals surface area contributed by atoms with Crippen LogP contribution < -0.4 is 9.44 Å². The predicted octanol–water partition coefficient (Wildman–Crippen LogP) is 1.17. The molecule has 1 aromatic heterocycles. The van der Waals surface area contributed by atoms with Gasteiger partial charge in [0.15, 0.2) is 0 Å². The van der Waals surface area contributed by atoms with Crippen molar-refractivity contribution in [1.29, 1.82) is 0 Å². The van der Waals surface area contributed by atoms with E-state index in [4.69, 9.17) is 0 Å². The Bertz CT molecular complexity index is 532. The van der Waals surface area contributed by atoms with E-state index in [0.29, 0.717) is 10.3 Å². The first kappa shape index (κ1) is 13.7. The number of carbonyl (C=O) groups excluding carboxylic acids is 1. The molecule has 0 fully saturated rings. The van der Waals surface area contributed by atoms with Gasteiger partial charge in [-0.2, -0.15) is 8.42 Å². The first-order valence-corrected chi connectivity index (χ1v) is 6.63. The van der Waals surface area contributed by atoms with E-state index in [-0.39, 0.29) is 5.69 Å². The smallest absolute Gasteiger partial charge is 0.422 e. The number of aromatic nitrogens is 1. The quantitative estimate of drug-likeness (QED) is 0.813. The molecule has 0 unspecified atom stereocenters. The van der Waals surface area contributed by atoms with Crippen LogP contribution in [0.4, 0.5) is 10.5 Å². The minimum atomic E-state index is -4.01. The molecule has 94 valence electrons. The SMILES string of the molecule is COC(=O)NS(=O)(=O)Nc1ccc(Br)nc1C. The van der Waals surface area contributed by atoms with Crippen LogP contribution in [0.25, 0.3) is 0 Å². The Hall–Kier alpha value is -1.35. The number of carbonyl (C=O) groups is 1. The molecule has 2 N–H and O–H groups in total. The summed E-state index contributed by atoms with van der Waals surface area (Å²) in [4.78, 5) is 14.8. The molecule has 0 atom stereocenters. The molecular formula is C8H10BrN3O4S. The molecule has 0 aromatic carbocycles. The molecule has 7 nitrogen and oxygen atoms in total. The Labute approximate surface area is 107 Å². The van der Waals surface area contributed by atoms with Crippen molar-refractivity contribution in [2.24, 2.45) is 0 Å². The maximum Gasteiger partial charge on any atom is 0.422 e. The Morgan fingerprint density at radius 1 is 1.47 bits per heavy atom. The molecule has 9 heteroatoms. The summed E-state index contributed by atoms with van der Waals surface area (Å²) in [5.41, 5.74) is 0.735. The third kappa shape index (κ3) is 4.19. The molecule has 0 aliphatic rings. The largest absolute Gasteiger partial charge is 0.452 e.